The molecule has 1 aromatic carbocycles. The Labute approximate surface area is 113 Å². The minimum atomic E-state index is -0.832. The van der Waals surface area contributed by atoms with Crippen LogP contribution in [-0.2, 0) is 14.3 Å². The molecule has 0 aliphatic carbocycles. The molecule has 4 heteroatoms. The molecule has 19 heavy (non-hydrogen) atoms. The van der Waals surface area contributed by atoms with Crippen molar-refractivity contribution in [3.8, 4) is 0 Å². The quantitative estimate of drug-likeness (QED) is 0.578. The Hall–Kier alpha value is -1.65. The Kier molecular flexibility index (Phi) is 6.85. The van der Waals surface area contributed by atoms with Gasteiger partial charge in [0.25, 0.3) is 0 Å². The van der Waals surface area contributed by atoms with Crippen LogP contribution >= 0.6 is 0 Å². The Balaban J connectivity index is 2.37. The summed E-state index contributed by atoms with van der Waals surface area (Å²) >= 11 is 0. The second kappa shape index (κ2) is 8.45. The van der Waals surface area contributed by atoms with Crippen molar-refractivity contribution in [3.05, 3.63) is 48.6 Å². The van der Waals surface area contributed by atoms with Crippen molar-refractivity contribution in [1.82, 2.24) is 0 Å². The molecular formula is C15H20O4. The summed E-state index contributed by atoms with van der Waals surface area (Å²) in [5, 5.41) is 9.65. The molecule has 2 atom stereocenters. The van der Waals surface area contributed by atoms with Crippen molar-refractivity contribution < 1.29 is 19.4 Å². The van der Waals surface area contributed by atoms with E-state index in [4.69, 9.17) is 9.47 Å². The summed E-state index contributed by atoms with van der Waals surface area (Å²) < 4.78 is 10.4. The zero-order chi connectivity index (χ0) is 14.1. The zero-order valence-corrected chi connectivity index (χ0v) is 11.1. The van der Waals surface area contributed by atoms with E-state index in [-0.39, 0.29) is 19.3 Å². The van der Waals surface area contributed by atoms with Gasteiger partial charge in [0, 0.05) is 6.08 Å². The fourth-order valence-corrected chi connectivity index (χ4v) is 1.63. The second-order valence-corrected chi connectivity index (χ2v) is 4.13. The number of hydrogen-bond donors (Lipinski definition) is 1. The number of benzene rings is 1. The SMILES string of the molecule is C=CC(=O)OCC(O)COC(CC)c1ccccc1. The molecule has 0 amide bonds. The molecule has 104 valence electrons. The molecule has 2 unspecified atom stereocenters. The third kappa shape index (κ3) is 5.68. The van der Waals surface area contributed by atoms with Crippen LogP contribution in [-0.4, -0.2) is 30.4 Å². The van der Waals surface area contributed by atoms with Crippen LogP contribution in [0.5, 0.6) is 0 Å². The molecule has 4 nitrogen and oxygen atoms in total. The first kappa shape index (κ1) is 15.4. The minimum absolute atomic E-state index is 0.0639. The first-order valence-electron chi connectivity index (χ1n) is 6.31. The van der Waals surface area contributed by atoms with Crippen LogP contribution in [0, 0.1) is 0 Å². The second-order valence-electron chi connectivity index (χ2n) is 4.13. The highest BCUT2D eigenvalue weighted by atomic mass is 16.5. The maximum absolute atomic E-state index is 10.8. The van der Waals surface area contributed by atoms with Gasteiger partial charge in [-0.25, -0.2) is 4.79 Å². The fourth-order valence-electron chi connectivity index (χ4n) is 1.63. The van der Waals surface area contributed by atoms with Crippen LogP contribution in [0.2, 0.25) is 0 Å². The number of aliphatic hydroxyl groups is 1. The number of hydrogen-bond acceptors (Lipinski definition) is 4. The van der Waals surface area contributed by atoms with E-state index in [9.17, 15) is 9.90 Å². The zero-order valence-electron chi connectivity index (χ0n) is 11.1. The molecule has 0 saturated heterocycles. The number of ether oxygens (including phenoxy) is 2. The van der Waals surface area contributed by atoms with Crippen LogP contribution in [0.15, 0.2) is 43.0 Å². The van der Waals surface area contributed by atoms with Gasteiger partial charge in [-0.15, -0.1) is 0 Å². The van der Waals surface area contributed by atoms with Crippen LogP contribution in [0.1, 0.15) is 25.0 Å². The summed E-state index contributed by atoms with van der Waals surface area (Å²) in [6.45, 7) is 5.33. The van der Waals surface area contributed by atoms with Crippen LogP contribution in [0.25, 0.3) is 0 Å². The standard InChI is InChI=1S/C15H20O4/c1-3-14(12-8-6-5-7-9-12)18-10-13(16)11-19-15(17)4-2/h4-9,13-14,16H,2-3,10-11H2,1H3. The highest BCUT2D eigenvalue weighted by molar-refractivity contribution is 5.81. The lowest BCUT2D eigenvalue weighted by atomic mass is 10.1. The molecule has 1 rings (SSSR count). The predicted molar refractivity (Wildman–Crippen MR) is 72.6 cm³/mol. The van der Waals surface area contributed by atoms with E-state index >= 15 is 0 Å². The average molecular weight is 264 g/mol. The minimum Gasteiger partial charge on any atom is -0.460 e. The van der Waals surface area contributed by atoms with Crippen molar-refractivity contribution in [1.29, 1.82) is 0 Å². The molecule has 0 aromatic heterocycles. The molecule has 0 fully saturated rings. The fraction of sp³-hybridized carbons (Fsp3) is 0.400. The van der Waals surface area contributed by atoms with E-state index in [1.807, 2.05) is 37.3 Å². The molecule has 1 N–H and O–H groups in total. The first-order chi connectivity index (χ1) is 9.17. The van der Waals surface area contributed by atoms with Crippen molar-refractivity contribution in [3.63, 3.8) is 0 Å². The van der Waals surface area contributed by atoms with Gasteiger partial charge in [-0.2, -0.15) is 0 Å². The lowest BCUT2D eigenvalue weighted by molar-refractivity contribution is -0.142. The molecule has 0 heterocycles. The van der Waals surface area contributed by atoms with Gasteiger partial charge in [0.2, 0.25) is 0 Å². The van der Waals surface area contributed by atoms with Crippen molar-refractivity contribution >= 4 is 5.97 Å². The van der Waals surface area contributed by atoms with Gasteiger partial charge in [-0.05, 0) is 12.0 Å². The third-order valence-corrected chi connectivity index (χ3v) is 2.62. The van der Waals surface area contributed by atoms with Gasteiger partial charge in [-0.3, -0.25) is 0 Å². The van der Waals surface area contributed by atoms with E-state index in [2.05, 4.69) is 6.58 Å². The summed E-state index contributed by atoms with van der Waals surface area (Å²) in [5.74, 6) is -0.547. The lowest BCUT2D eigenvalue weighted by Gasteiger charge is -2.19. The number of rotatable bonds is 8. The van der Waals surface area contributed by atoms with E-state index in [0.29, 0.717) is 0 Å². The number of aliphatic hydroxyl groups excluding tert-OH is 1. The summed E-state index contributed by atoms with van der Waals surface area (Å²) in [6, 6.07) is 9.81. The summed E-state index contributed by atoms with van der Waals surface area (Å²) in [4.78, 5) is 10.8. The molecule has 0 saturated carbocycles. The van der Waals surface area contributed by atoms with E-state index in [1.54, 1.807) is 0 Å². The van der Waals surface area contributed by atoms with Crippen LogP contribution in [0.3, 0.4) is 0 Å². The average Bonchev–Trinajstić information content (AvgIpc) is 2.46. The van der Waals surface area contributed by atoms with Gasteiger partial charge in [0.05, 0.1) is 12.7 Å². The van der Waals surface area contributed by atoms with Gasteiger partial charge in [0.15, 0.2) is 0 Å². The normalized spacial score (nSPS) is 13.6. The molecule has 0 radical (unpaired) electrons. The van der Waals surface area contributed by atoms with Crippen LogP contribution < -0.4 is 0 Å². The summed E-state index contributed by atoms with van der Waals surface area (Å²) in [6.07, 6.45) is 0.975. The Bertz CT molecular complexity index is 388. The summed E-state index contributed by atoms with van der Waals surface area (Å²) in [5.41, 5.74) is 1.07. The monoisotopic (exact) mass is 264 g/mol. The largest absolute Gasteiger partial charge is 0.460 e. The number of carbonyl (C=O) groups is 1. The summed E-state index contributed by atoms with van der Waals surface area (Å²) in [7, 11) is 0. The van der Waals surface area contributed by atoms with Crippen molar-refractivity contribution in [2.75, 3.05) is 13.2 Å². The Morgan fingerprint density at radius 3 is 2.63 bits per heavy atom. The predicted octanol–water partition coefficient (Wildman–Crippen LogP) is 2.24. The van der Waals surface area contributed by atoms with Crippen LogP contribution in [0.4, 0.5) is 0 Å². The highest BCUT2D eigenvalue weighted by Crippen LogP contribution is 2.20. The topological polar surface area (TPSA) is 55.8 Å². The molecule has 0 aliphatic rings. The smallest absolute Gasteiger partial charge is 0.330 e. The van der Waals surface area contributed by atoms with E-state index in [0.717, 1.165) is 18.1 Å². The van der Waals surface area contributed by atoms with Gasteiger partial charge >= 0.3 is 5.97 Å². The Morgan fingerprint density at radius 1 is 1.37 bits per heavy atom. The van der Waals surface area contributed by atoms with Crippen molar-refractivity contribution in [2.24, 2.45) is 0 Å². The van der Waals surface area contributed by atoms with Gasteiger partial charge in [0.1, 0.15) is 12.7 Å². The first-order valence-corrected chi connectivity index (χ1v) is 6.31. The number of esters is 1. The number of carbonyl (C=O) groups excluding carboxylic acids is 1. The van der Waals surface area contributed by atoms with Gasteiger partial charge in [-0.1, -0.05) is 43.8 Å². The highest BCUT2D eigenvalue weighted by Gasteiger charge is 2.13. The van der Waals surface area contributed by atoms with Gasteiger partial charge < -0.3 is 14.6 Å². The third-order valence-electron chi connectivity index (χ3n) is 2.62. The molecule has 0 spiro atoms. The van der Waals surface area contributed by atoms with E-state index < -0.39 is 12.1 Å². The molecule has 0 bridgehead atoms. The molecule has 1 aromatic rings. The van der Waals surface area contributed by atoms with Crippen molar-refractivity contribution in [2.45, 2.75) is 25.6 Å². The Morgan fingerprint density at radius 2 is 2.05 bits per heavy atom. The maximum atomic E-state index is 10.8. The molecule has 0 aliphatic heterocycles. The maximum Gasteiger partial charge on any atom is 0.330 e. The lowest BCUT2D eigenvalue weighted by Crippen LogP contribution is -2.24. The molecular weight excluding hydrogens is 244 g/mol. The van der Waals surface area contributed by atoms with E-state index in [1.165, 1.54) is 0 Å².